The fourth-order valence-corrected chi connectivity index (χ4v) is 2.54. The van der Waals surface area contributed by atoms with Gasteiger partial charge in [-0.3, -0.25) is 9.59 Å². The number of carbonyl (C=O) groups is 3. The van der Waals surface area contributed by atoms with Gasteiger partial charge in [0.2, 0.25) is 0 Å². The average Bonchev–Trinajstić information content (AvgIpc) is 3.11. The normalized spacial score (nSPS) is 9.80. The Morgan fingerprint density at radius 3 is 2.40 bits per heavy atom. The van der Waals surface area contributed by atoms with Crippen molar-refractivity contribution in [2.75, 3.05) is 7.11 Å². The standard InChI is InChI=1S/C17H15N3O4S/c1-10(14(21)19-11(2)17(23)24-3)18-15(22)13-9-25-16(20-13)12-7-5-4-6-8-12/h4-9H,1-2H2,3H3,(H,18,22)(H,19,21). The number of hydrogen-bond acceptors (Lipinski definition) is 6. The molecule has 2 amide bonds. The number of rotatable bonds is 6. The van der Waals surface area contributed by atoms with Crippen molar-refractivity contribution in [2.24, 2.45) is 0 Å². The minimum atomic E-state index is -0.792. The van der Waals surface area contributed by atoms with Crippen LogP contribution in [0.15, 0.2) is 60.3 Å². The van der Waals surface area contributed by atoms with Gasteiger partial charge in [-0.25, -0.2) is 9.78 Å². The van der Waals surface area contributed by atoms with Gasteiger partial charge in [-0.1, -0.05) is 43.5 Å². The van der Waals surface area contributed by atoms with Crippen molar-refractivity contribution in [1.82, 2.24) is 15.6 Å². The molecular formula is C17H15N3O4S. The van der Waals surface area contributed by atoms with Gasteiger partial charge in [-0.15, -0.1) is 11.3 Å². The van der Waals surface area contributed by atoms with E-state index in [1.54, 1.807) is 5.38 Å². The Morgan fingerprint density at radius 2 is 1.76 bits per heavy atom. The van der Waals surface area contributed by atoms with Gasteiger partial charge in [-0.05, 0) is 0 Å². The number of benzene rings is 1. The summed E-state index contributed by atoms with van der Waals surface area (Å²) in [6.07, 6.45) is 0. The van der Waals surface area contributed by atoms with Gasteiger partial charge in [0.25, 0.3) is 11.8 Å². The lowest BCUT2D eigenvalue weighted by Gasteiger charge is -2.09. The van der Waals surface area contributed by atoms with Gasteiger partial charge in [-0.2, -0.15) is 0 Å². The van der Waals surface area contributed by atoms with E-state index in [2.05, 4.69) is 33.5 Å². The summed E-state index contributed by atoms with van der Waals surface area (Å²) in [4.78, 5) is 39.4. The van der Waals surface area contributed by atoms with Crippen molar-refractivity contribution in [1.29, 1.82) is 0 Å². The average molecular weight is 357 g/mol. The first-order valence-corrected chi connectivity index (χ1v) is 7.90. The van der Waals surface area contributed by atoms with Gasteiger partial charge >= 0.3 is 5.97 Å². The molecule has 0 saturated carbocycles. The molecule has 7 nitrogen and oxygen atoms in total. The largest absolute Gasteiger partial charge is 0.464 e. The van der Waals surface area contributed by atoms with E-state index in [0.29, 0.717) is 5.01 Å². The maximum absolute atomic E-state index is 12.2. The molecule has 0 spiro atoms. The Hall–Kier alpha value is -3.26. The summed E-state index contributed by atoms with van der Waals surface area (Å²) in [6, 6.07) is 9.39. The monoisotopic (exact) mass is 357 g/mol. The number of amides is 2. The number of nitrogens with one attached hydrogen (secondary N) is 2. The van der Waals surface area contributed by atoms with Crippen LogP contribution >= 0.6 is 11.3 Å². The van der Waals surface area contributed by atoms with Crippen molar-refractivity contribution in [3.05, 3.63) is 66.0 Å². The van der Waals surface area contributed by atoms with E-state index in [-0.39, 0.29) is 17.1 Å². The maximum Gasteiger partial charge on any atom is 0.353 e. The van der Waals surface area contributed by atoms with Crippen LogP contribution in [0.2, 0.25) is 0 Å². The number of aromatic nitrogens is 1. The summed E-state index contributed by atoms with van der Waals surface area (Å²) < 4.78 is 4.41. The van der Waals surface area contributed by atoms with Crippen molar-refractivity contribution >= 4 is 29.1 Å². The van der Waals surface area contributed by atoms with Crippen molar-refractivity contribution < 1.29 is 19.1 Å². The first-order chi connectivity index (χ1) is 11.9. The molecule has 0 aliphatic heterocycles. The molecule has 25 heavy (non-hydrogen) atoms. The highest BCUT2D eigenvalue weighted by Crippen LogP contribution is 2.23. The zero-order chi connectivity index (χ0) is 18.4. The summed E-state index contributed by atoms with van der Waals surface area (Å²) >= 11 is 1.31. The Morgan fingerprint density at radius 1 is 1.08 bits per heavy atom. The molecular weight excluding hydrogens is 342 g/mol. The Labute approximate surface area is 148 Å². The highest BCUT2D eigenvalue weighted by Gasteiger charge is 2.17. The summed E-state index contributed by atoms with van der Waals surface area (Å²) in [5.74, 6) is -2.15. The first-order valence-electron chi connectivity index (χ1n) is 7.02. The van der Waals surface area contributed by atoms with Crippen LogP contribution in [-0.4, -0.2) is 29.9 Å². The number of hydrogen-bond donors (Lipinski definition) is 2. The predicted molar refractivity (Wildman–Crippen MR) is 93.5 cm³/mol. The fraction of sp³-hybridized carbons (Fsp3) is 0.0588. The van der Waals surface area contributed by atoms with Crippen LogP contribution in [0.1, 0.15) is 10.5 Å². The Balaban J connectivity index is 1.99. The maximum atomic E-state index is 12.2. The lowest BCUT2D eigenvalue weighted by Crippen LogP contribution is -2.35. The van der Waals surface area contributed by atoms with Gasteiger partial charge in [0.05, 0.1) is 12.8 Å². The molecule has 2 N–H and O–H groups in total. The third-order valence-corrected chi connectivity index (χ3v) is 3.88. The van der Waals surface area contributed by atoms with Crippen molar-refractivity contribution in [3.63, 3.8) is 0 Å². The molecule has 8 heteroatoms. The second kappa shape index (κ2) is 8.02. The minimum absolute atomic E-state index is 0.157. The first kappa shape index (κ1) is 18.1. The topological polar surface area (TPSA) is 97.4 Å². The minimum Gasteiger partial charge on any atom is -0.464 e. The van der Waals surface area contributed by atoms with Gasteiger partial charge < -0.3 is 15.4 Å². The van der Waals surface area contributed by atoms with E-state index in [1.807, 2.05) is 30.3 Å². The molecule has 2 rings (SSSR count). The number of methoxy groups -OCH3 is 1. The molecule has 0 aliphatic carbocycles. The smallest absolute Gasteiger partial charge is 0.353 e. The van der Waals surface area contributed by atoms with Crippen LogP contribution in [0, 0.1) is 0 Å². The summed E-state index contributed by atoms with van der Waals surface area (Å²) in [6.45, 7) is 6.81. The van der Waals surface area contributed by atoms with E-state index in [9.17, 15) is 14.4 Å². The van der Waals surface area contributed by atoms with E-state index < -0.39 is 17.8 Å². The third kappa shape index (κ3) is 4.61. The molecule has 2 aromatic rings. The van der Waals surface area contributed by atoms with E-state index in [4.69, 9.17) is 0 Å². The van der Waals surface area contributed by atoms with Crippen LogP contribution in [0.5, 0.6) is 0 Å². The van der Waals surface area contributed by atoms with Crippen LogP contribution in [0.3, 0.4) is 0 Å². The van der Waals surface area contributed by atoms with E-state index in [0.717, 1.165) is 12.7 Å². The Bertz CT molecular complexity index is 843. The summed E-state index contributed by atoms with van der Waals surface area (Å²) in [5, 5.41) is 6.77. The van der Waals surface area contributed by atoms with Crippen LogP contribution in [-0.2, 0) is 14.3 Å². The Kier molecular flexibility index (Phi) is 5.80. The van der Waals surface area contributed by atoms with E-state index >= 15 is 0 Å². The fourth-order valence-electron chi connectivity index (χ4n) is 1.74. The molecule has 1 aromatic carbocycles. The van der Waals surface area contributed by atoms with Gasteiger partial charge in [0, 0.05) is 10.9 Å². The van der Waals surface area contributed by atoms with Gasteiger partial charge in [0.15, 0.2) is 0 Å². The summed E-state index contributed by atoms with van der Waals surface area (Å²) in [7, 11) is 1.16. The molecule has 0 aliphatic rings. The van der Waals surface area contributed by atoms with Crippen molar-refractivity contribution in [3.8, 4) is 10.6 Å². The SMILES string of the molecule is C=C(NC(=O)c1csc(-c2ccccc2)n1)C(=O)NC(=C)C(=O)OC. The predicted octanol–water partition coefficient (Wildman–Crippen LogP) is 1.86. The van der Waals surface area contributed by atoms with E-state index in [1.165, 1.54) is 11.3 Å². The van der Waals surface area contributed by atoms with Crippen LogP contribution < -0.4 is 10.6 Å². The molecule has 1 heterocycles. The molecule has 0 bridgehead atoms. The second-order valence-corrected chi connectivity index (χ2v) is 5.62. The lowest BCUT2D eigenvalue weighted by atomic mass is 10.2. The number of ether oxygens (including phenoxy) is 1. The molecule has 0 atom stereocenters. The summed E-state index contributed by atoms with van der Waals surface area (Å²) in [5.41, 5.74) is 0.536. The third-order valence-electron chi connectivity index (χ3n) is 2.99. The molecule has 128 valence electrons. The second-order valence-electron chi connectivity index (χ2n) is 4.76. The van der Waals surface area contributed by atoms with Crippen molar-refractivity contribution in [2.45, 2.75) is 0 Å². The van der Waals surface area contributed by atoms with Gasteiger partial charge in [0.1, 0.15) is 16.4 Å². The molecule has 0 unspecified atom stereocenters. The van der Waals surface area contributed by atoms with Crippen LogP contribution in [0.4, 0.5) is 0 Å². The quantitative estimate of drug-likeness (QED) is 0.607. The number of esters is 1. The molecule has 0 saturated heterocycles. The number of carbonyl (C=O) groups excluding carboxylic acids is 3. The molecule has 1 aromatic heterocycles. The highest BCUT2D eigenvalue weighted by atomic mass is 32.1. The zero-order valence-electron chi connectivity index (χ0n) is 13.4. The van der Waals surface area contributed by atoms with Crippen LogP contribution in [0.25, 0.3) is 10.6 Å². The zero-order valence-corrected chi connectivity index (χ0v) is 14.2. The number of thiazole rings is 1. The number of nitrogens with zero attached hydrogens (tertiary/aromatic N) is 1. The molecule has 0 radical (unpaired) electrons. The lowest BCUT2D eigenvalue weighted by molar-refractivity contribution is -0.137. The molecule has 0 fully saturated rings. The highest BCUT2D eigenvalue weighted by molar-refractivity contribution is 7.13.